The molecule has 1 aliphatic heterocycles. The molecule has 0 radical (unpaired) electrons. The number of hydrogen-bond acceptors (Lipinski definition) is 5. The van der Waals surface area contributed by atoms with Crippen molar-refractivity contribution < 1.29 is 4.79 Å². The van der Waals surface area contributed by atoms with E-state index in [4.69, 9.17) is 0 Å². The van der Waals surface area contributed by atoms with E-state index >= 15 is 0 Å². The molecular weight excluding hydrogens is 334 g/mol. The molecule has 1 saturated heterocycles. The Hall–Kier alpha value is -1.89. The second kappa shape index (κ2) is 7.56. The van der Waals surface area contributed by atoms with Gasteiger partial charge in [-0.1, -0.05) is 25.6 Å². The van der Waals surface area contributed by atoms with Crippen LogP contribution in [0.4, 0.5) is 0 Å². The Morgan fingerprint density at radius 3 is 2.64 bits per heavy atom. The lowest BCUT2D eigenvalue weighted by molar-refractivity contribution is -0.132. The molecule has 1 amide bonds. The van der Waals surface area contributed by atoms with E-state index in [-0.39, 0.29) is 11.2 Å². The molecule has 0 N–H and O–H groups in total. The minimum atomic E-state index is -0.179. The molecule has 25 heavy (non-hydrogen) atoms. The molecule has 3 atom stereocenters. The normalized spacial score (nSPS) is 22.0. The number of thioether (sulfide) groups is 1. The van der Waals surface area contributed by atoms with E-state index in [1.54, 1.807) is 12.4 Å². The van der Waals surface area contributed by atoms with Crippen molar-refractivity contribution in [2.75, 3.05) is 13.1 Å². The van der Waals surface area contributed by atoms with Crippen LogP contribution in [0.15, 0.2) is 29.7 Å². The van der Waals surface area contributed by atoms with Crippen molar-refractivity contribution in [1.82, 2.24) is 24.6 Å². The highest BCUT2D eigenvalue weighted by Gasteiger charge is 2.29. The van der Waals surface area contributed by atoms with Crippen molar-refractivity contribution >= 4 is 17.7 Å². The summed E-state index contributed by atoms with van der Waals surface area (Å²) in [5, 5.41) is 9.10. The van der Waals surface area contributed by atoms with Gasteiger partial charge in [-0.15, -0.1) is 10.2 Å². The van der Waals surface area contributed by atoms with Gasteiger partial charge in [-0.05, 0) is 37.3 Å². The van der Waals surface area contributed by atoms with Crippen LogP contribution in [-0.2, 0) is 11.8 Å². The monoisotopic (exact) mass is 359 g/mol. The molecule has 0 aromatic carbocycles. The van der Waals surface area contributed by atoms with Gasteiger partial charge >= 0.3 is 0 Å². The van der Waals surface area contributed by atoms with Crippen molar-refractivity contribution in [3.63, 3.8) is 0 Å². The van der Waals surface area contributed by atoms with E-state index in [1.165, 1.54) is 18.2 Å². The predicted octanol–water partition coefficient (Wildman–Crippen LogP) is 2.86. The average Bonchev–Trinajstić information content (AvgIpc) is 2.94. The first-order valence-corrected chi connectivity index (χ1v) is 9.59. The Kier molecular flexibility index (Phi) is 5.42. The Bertz CT molecular complexity index is 722. The molecule has 0 spiro atoms. The molecular formula is C18H25N5OS. The van der Waals surface area contributed by atoms with Crippen LogP contribution in [0.5, 0.6) is 0 Å². The van der Waals surface area contributed by atoms with Crippen LogP contribution in [0.25, 0.3) is 11.4 Å². The zero-order chi connectivity index (χ0) is 18.0. The standard InChI is InChI=1S/C18H25N5OS/c1-12-8-13(2)11-23(10-12)17(24)14(3)25-18-21-20-16(22(18)4)15-6-5-7-19-9-15/h5-7,9,12-14H,8,10-11H2,1-4H3. The average molecular weight is 359 g/mol. The smallest absolute Gasteiger partial charge is 0.235 e. The molecule has 2 aromatic rings. The van der Waals surface area contributed by atoms with Gasteiger partial charge in [0.25, 0.3) is 0 Å². The lowest BCUT2D eigenvalue weighted by Crippen LogP contribution is -2.45. The van der Waals surface area contributed by atoms with E-state index in [0.29, 0.717) is 11.8 Å². The number of likely N-dealkylation sites (tertiary alicyclic amines) is 1. The van der Waals surface area contributed by atoms with Crippen molar-refractivity contribution in [2.45, 2.75) is 37.6 Å². The zero-order valence-electron chi connectivity index (χ0n) is 15.2. The number of rotatable bonds is 4. The van der Waals surface area contributed by atoms with Crippen molar-refractivity contribution in [1.29, 1.82) is 0 Å². The van der Waals surface area contributed by atoms with Gasteiger partial charge in [0.05, 0.1) is 5.25 Å². The van der Waals surface area contributed by atoms with Gasteiger partial charge in [0, 0.05) is 38.1 Å². The van der Waals surface area contributed by atoms with Gasteiger partial charge < -0.3 is 9.47 Å². The first kappa shape index (κ1) is 17.9. The molecule has 6 nitrogen and oxygen atoms in total. The van der Waals surface area contributed by atoms with Crippen molar-refractivity contribution in [3.8, 4) is 11.4 Å². The summed E-state index contributed by atoms with van der Waals surface area (Å²) in [4.78, 5) is 19.0. The number of carbonyl (C=O) groups excluding carboxylic acids is 1. The quantitative estimate of drug-likeness (QED) is 0.786. The van der Waals surface area contributed by atoms with Crippen molar-refractivity contribution in [3.05, 3.63) is 24.5 Å². The summed E-state index contributed by atoms with van der Waals surface area (Å²) in [6, 6.07) is 3.83. The first-order valence-electron chi connectivity index (χ1n) is 8.71. The number of amides is 1. The minimum absolute atomic E-state index is 0.179. The van der Waals surface area contributed by atoms with E-state index in [2.05, 4.69) is 29.0 Å². The third-order valence-corrected chi connectivity index (χ3v) is 5.69. The predicted molar refractivity (Wildman–Crippen MR) is 99.1 cm³/mol. The highest BCUT2D eigenvalue weighted by Crippen LogP contribution is 2.28. The lowest BCUT2D eigenvalue weighted by atomic mass is 9.92. The van der Waals surface area contributed by atoms with Gasteiger partial charge in [0.15, 0.2) is 11.0 Å². The molecule has 1 fully saturated rings. The minimum Gasteiger partial charge on any atom is -0.341 e. The van der Waals surface area contributed by atoms with Crippen LogP contribution >= 0.6 is 11.8 Å². The molecule has 2 aromatic heterocycles. The number of piperidine rings is 1. The first-order chi connectivity index (χ1) is 12.0. The summed E-state index contributed by atoms with van der Waals surface area (Å²) in [5.41, 5.74) is 0.919. The maximum Gasteiger partial charge on any atom is 0.235 e. The van der Waals surface area contributed by atoms with E-state index in [1.807, 2.05) is 35.6 Å². The fourth-order valence-electron chi connectivity index (χ4n) is 3.47. The topological polar surface area (TPSA) is 63.9 Å². The van der Waals surface area contributed by atoms with Gasteiger partial charge in [-0.2, -0.15) is 0 Å². The van der Waals surface area contributed by atoms with Gasteiger partial charge in [0.2, 0.25) is 5.91 Å². The number of aromatic nitrogens is 4. The molecule has 7 heteroatoms. The molecule has 0 saturated carbocycles. The Morgan fingerprint density at radius 2 is 2.00 bits per heavy atom. The van der Waals surface area contributed by atoms with Crippen LogP contribution in [0.3, 0.4) is 0 Å². The number of carbonyl (C=O) groups is 1. The molecule has 3 unspecified atom stereocenters. The Balaban J connectivity index is 1.70. The third kappa shape index (κ3) is 4.03. The zero-order valence-corrected chi connectivity index (χ0v) is 16.0. The van der Waals surface area contributed by atoms with E-state index < -0.39 is 0 Å². The van der Waals surface area contributed by atoms with Crippen LogP contribution in [0, 0.1) is 11.8 Å². The van der Waals surface area contributed by atoms with Crippen LogP contribution in [-0.4, -0.2) is 48.9 Å². The molecule has 0 bridgehead atoms. The lowest BCUT2D eigenvalue weighted by Gasteiger charge is -2.36. The molecule has 134 valence electrons. The maximum absolute atomic E-state index is 12.8. The second-order valence-corrected chi connectivity index (χ2v) is 8.36. The van der Waals surface area contributed by atoms with E-state index in [9.17, 15) is 4.79 Å². The highest BCUT2D eigenvalue weighted by molar-refractivity contribution is 8.00. The fraction of sp³-hybridized carbons (Fsp3) is 0.556. The molecule has 0 aliphatic carbocycles. The Morgan fingerprint density at radius 1 is 1.28 bits per heavy atom. The second-order valence-electron chi connectivity index (χ2n) is 7.06. The third-order valence-electron chi connectivity index (χ3n) is 4.57. The van der Waals surface area contributed by atoms with Crippen LogP contribution in [0.1, 0.15) is 27.2 Å². The summed E-state index contributed by atoms with van der Waals surface area (Å²) >= 11 is 1.47. The van der Waals surface area contributed by atoms with Crippen molar-refractivity contribution in [2.24, 2.45) is 18.9 Å². The molecule has 3 heterocycles. The summed E-state index contributed by atoms with van der Waals surface area (Å²) in [7, 11) is 1.92. The highest BCUT2D eigenvalue weighted by atomic mass is 32.2. The Labute approximate surface area is 153 Å². The van der Waals surface area contributed by atoms with Gasteiger partial charge in [-0.25, -0.2) is 0 Å². The largest absolute Gasteiger partial charge is 0.341 e. The summed E-state index contributed by atoms with van der Waals surface area (Å²) in [5.74, 6) is 2.08. The van der Waals surface area contributed by atoms with Crippen LogP contribution < -0.4 is 0 Å². The molecule has 3 rings (SSSR count). The number of nitrogens with zero attached hydrogens (tertiary/aromatic N) is 5. The molecule has 1 aliphatic rings. The number of hydrogen-bond donors (Lipinski definition) is 0. The maximum atomic E-state index is 12.8. The van der Waals surface area contributed by atoms with E-state index in [0.717, 1.165) is 29.6 Å². The van der Waals surface area contributed by atoms with Gasteiger partial charge in [-0.3, -0.25) is 9.78 Å². The van der Waals surface area contributed by atoms with Gasteiger partial charge in [0.1, 0.15) is 0 Å². The summed E-state index contributed by atoms with van der Waals surface area (Å²) in [6.07, 6.45) is 4.70. The van der Waals surface area contributed by atoms with Crippen LogP contribution in [0.2, 0.25) is 0 Å². The number of pyridine rings is 1. The fourth-order valence-corrected chi connectivity index (χ4v) is 4.37. The summed E-state index contributed by atoms with van der Waals surface area (Å²) in [6.45, 7) is 8.10. The SMILES string of the molecule is CC1CC(C)CN(C(=O)C(C)Sc2nnc(-c3cccnc3)n2C)C1. The summed E-state index contributed by atoms with van der Waals surface area (Å²) < 4.78 is 1.92.